The highest BCUT2D eigenvalue weighted by Gasteiger charge is 2.27. The van der Waals surface area contributed by atoms with E-state index in [1.807, 2.05) is 20.0 Å². The van der Waals surface area contributed by atoms with E-state index in [1.165, 1.54) is 0 Å². The van der Waals surface area contributed by atoms with Crippen molar-refractivity contribution < 1.29 is 9.53 Å². The van der Waals surface area contributed by atoms with Crippen LogP contribution in [-0.2, 0) is 4.74 Å². The number of aryl methyl sites for hydroxylation is 2. The van der Waals surface area contributed by atoms with Gasteiger partial charge in [0.25, 0.3) is 0 Å². The molecular formula is C9H12N2O2. The van der Waals surface area contributed by atoms with Crippen molar-refractivity contribution in [1.82, 2.24) is 10.3 Å². The standard InChI is InChI=1S/C9H12N2O2/c1-5-3-10-6(2)8(5)7-4-11-9(12)13-7/h3,7,10H,4H2,1-2H3,(H,11,12). The number of rotatable bonds is 1. The summed E-state index contributed by atoms with van der Waals surface area (Å²) in [5.41, 5.74) is 3.30. The van der Waals surface area contributed by atoms with E-state index in [4.69, 9.17) is 4.74 Å². The van der Waals surface area contributed by atoms with Crippen molar-refractivity contribution in [2.45, 2.75) is 20.0 Å². The third-order valence-corrected chi connectivity index (χ3v) is 2.34. The molecule has 2 heterocycles. The largest absolute Gasteiger partial charge is 0.439 e. The average molecular weight is 180 g/mol. The molecule has 2 rings (SSSR count). The van der Waals surface area contributed by atoms with Gasteiger partial charge in [-0.15, -0.1) is 0 Å². The third kappa shape index (κ3) is 1.28. The van der Waals surface area contributed by atoms with E-state index < -0.39 is 0 Å². The Labute approximate surface area is 76.3 Å². The normalized spacial score (nSPS) is 21.4. The Kier molecular flexibility index (Phi) is 1.76. The molecule has 0 saturated carbocycles. The summed E-state index contributed by atoms with van der Waals surface area (Å²) in [6.45, 7) is 4.55. The van der Waals surface area contributed by atoms with Crippen LogP contribution >= 0.6 is 0 Å². The van der Waals surface area contributed by atoms with Crippen molar-refractivity contribution in [1.29, 1.82) is 0 Å². The molecule has 4 heteroatoms. The summed E-state index contributed by atoms with van der Waals surface area (Å²) in [6.07, 6.45) is 1.47. The van der Waals surface area contributed by atoms with Crippen molar-refractivity contribution in [3.8, 4) is 0 Å². The fraction of sp³-hybridized carbons (Fsp3) is 0.444. The molecule has 1 saturated heterocycles. The molecule has 1 aliphatic rings. The van der Waals surface area contributed by atoms with Crippen LogP contribution in [0, 0.1) is 13.8 Å². The first kappa shape index (κ1) is 8.16. The van der Waals surface area contributed by atoms with Crippen LogP contribution in [0.25, 0.3) is 0 Å². The van der Waals surface area contributed by atoms with E-state index in [1.54, 1.807) is 0 Å². The van der Waals surface area contributed by atoms with Gasteiger partial charge in [0, 0.05) is 17.5 Å². The molecule has 0 aromatic carbocycles. The minimum absolute atomic E-state index is 0.126. The molecule has 0 radical (unpaired) electrons. The van der Waals surface area contributed by atoms with Gasteiger partial charge in [-0.3, -0.25) is 0 Å². The number of amides is 1. The number of aromatic amines is 1. The lowest BCUT2D eigenvalue weighted by Gasteiger charge is -2.08. The number of alkyl carbamates (subject to hydrolysis) is 1. The van der Waals surface area contributed by atoms with Crippen molar-refractivity contribution in [2.75, 3.05) is 6.54 Å². The average Bonchev–Trinajstić information content (AvgIpc) is 2.60. The van der Waals surface area contributed by atoms with Crippen molar-refractivity contribution in [3.63, 3.8) is 0 Å². The summed E-state index contributed by atoms with van der Waals surface area (Å²) in [6, 6.07) is 0. The highest BCUT2D eigenvalue weighted by Crippen LogP contribution is 2.26. The van der Waals surface area contributed by atoms with Gasteiger partial charge < -0.3 is 15.0 Å². The molecular weight excluding hydrogens is 168 g/mol. The number of ether oxygens (including phenoxy) is 1. The Morgan fingerprint density at radius 2 is 2.31 bits per heavy atom. The van der Waals surface area contributed by atoms with Crippen LogP contribution in [-0.4, -0.2) is 17.6 Å². The van der Waals surface area contributed by atoms with Crippen molar-refractivity contribution >= 4 is 6.09 Å². The van der Waals surface area contributed by atoms with Gasteiger partial charge >= 0.3 is 6.09 Å². The summed E-state index contributed by atoms with van der Waals surface area (Å²) >= 11 is 0. The first-order chi connectivity index (χ1) is 6.18. The number of cyclic esters (lactones) is 1. The number of hydrogen-bond donors (Lipinski definition) is 2. The molecule has 1 atom stereocenters. The predicted octanol–water partition coefficient (Wildman–Crippen LogP) is 1.41. The Bertz CT molecular complexity index is 324. The van der Waals surface area contributed by atoms with E-state index in [-0.39, 0.29) is 12.2 Å². The van der Waals surface area contributed by atoms with Crippen LogP contribution in [0.4, 0.5) is 4.79 Å². The Morgan fingerprint density at radius 1 is 1.54 bits per heavy atom. The first-order valence-corrected chi connectivity index (χ1v) is 4.27. The molecule has 1 aliphatic heterocycles. The van der Waals surface area contributed by atoms with E-state index in [0.29, 0.717) is 6.54 Å². The summed E-state index contributed by atoms with van der Waals surface area (Å²) in [5, 5.41) is 2.64. The Hall–Kier alpha value is -1.45. The minimum atomic E-state index is -0.329. The van der Waals surface area contributed by atoms with E-state index in [2.05, 4.69) is 10.3 Å². The second-order valence-corrected chi connectivity index (χ2v) is 3.29. The van der Waals surface area contributed by atoms with Crippen molar-refractivity contribution in [2.24, 2.45) is 0 Å². The quantitative estimate of drug-likeness (QED) is 0.686. The molecule has 1 aromatic heterocycles. The number of H-pyrrole nitrogens is 1. The number of hydrogen-bond acceptors (Lipinski definition) is 2. The Balaban J connectivity index is 2.30. The van der Waals surface area contributed by atoms with Crippen molar-refractivity contribution in [3.05, 3.63) is 23.0 Å². The highest BCUT2D eigenvalue weighted by molar-refractivity contribution is 5.69. The molecule has 1 fully saturated rings. The number of nitrogens with one attached hydrogen (secondary N) is 2. The maximum atomic E-state index is 10.8. The molecule has 70 valence electrons. The third-order valence-electron chi connectivity index (χ3n) is 2.34. The zero-order valence-electron chi connectivity index (χ0n) is 7.68. The minimum Gasteiger partial charge on any atom is -0.439 e. The predicted molar refractivity (Wildman–Crippen MR) is 47.5 cm³/mol. The van der Waals surface area contributed by atoms with Gasteiger partial charge in [0.15, 0.2) is 0 Å². The van der Waals surface area contributed by atoms with Crippen LogP contribution in [0.5, 0.6) is 0 Å². The number of aromatic nitrogens is 1. The lowest BCUT2D eigenvalue weighted by atomic mass is 10.1. The van der Waals surface area contributed by atoms with Crippen LogP contribution in [0.3, 0.4) is 0 Å². The number of carbonyl (C=O) groups excluding carboxylic acids is 1. The maximum Gasteiger partial charge on any atom is 0.407 e. The van der Waals surface area contributed by atoms with Gasteiger partial charge in [-0.05, 0) is 19.4 Å². The lowest BCUT2D eigenvalue weighted by molar-refractivity contribution is 0.140. The topological polar surface area (TPSA) is 54.1 Å². The molecule has 4 nitrogen and oxygen atoms in total. The maximum absolute atomic E-state index is 10.8. The fourth-order valence-corrected chi connectivity index (χ4v) is 1.71. The molecule has 2 N–H and O–H groups in total. The SMILES string of the molecule is Cc1c[nH]c(C)c1C1CNC(=O)O1. The lowest BCUT2D eigenvalue weighted by Crippen LogP contribution is -2.12. The van der Waals surface area contributed by atoms with E-state index in [9.17, 15) is 4.79 Å². The van der Waals surface area contributed by atoms with Crippen LogP contribution in [0.15, 0.2) is 6.20 Å². The fourth-order valence-electron chi connectivity index (χ4n) is 1.71. The zero-order chi connectivity index (χ0) is 9.42. The van der Waals surface area contributed by atoms with Crippen LogP contribution < -0.4 is 5.32 Å². The second-order valence-electron chi connectivity index (χ2n) is 3.29. The van der Waals surface area contributed by atoms with Gasteiger partial charge in [-0.25, -0.2) is 4.79 Å². The summed E-state index contributed by atoms with van der Waals surface area (Å²) in [7, 11) is 0. The molecule has 0 bridgehead atoms. The van der Waals surface area contributed by atoms with E-state index >= 15 is 0 Å². The molecule has 1 unspecified atom stereocenters. The molecule has 0 aliphatic carbocycles. The molecule has 0 spiro atoms. The smallest absolute Gasteiger partial charge is 0.407 e. The van der Waals surface area contributed by atoms with Gasteiger partial charge in [0.05, 0.1) is 6.54 Å². The van der Waals surface area contributed by atoms with E-state index in [0.717, 1.165) is 16.8 Å². The van der Waals surface area contributed by atoms with Crippen LogP contribution in [0.2, 0.25) is 0 Å². The molecule has 1 amide bonds. The molecule has 13 heavy (non-hydrogen) atoms. The van der Waals surface area contributed by atoms with Crippen LogP contribution in [0.1, 0.15) is 22.9 Å². The first-order valence-electron chi connectivity index (χ1n) is 4.27. The summed E-state index contributed by atoms with van der Waals surface area (Å²) in [5.74, 6) is 0. The monoisotopic (exact) mass is 180 g/mol. The second kappa shape index (κ2) is 2.80. The zero-order valence-corrected chi connectivity index (χ0v) is 7.68. The van der Waals surface area contributed by atoms with Gasteiger partial charge in [0.1, 0.15) is 6.10 Å². The number of carbonyl (C=O) groups is 1. The van der Waals surface area contributed by atoms with Gasteiger partial charge in [-0.1, -0.05) is 0 Å². The highest BCUT2D eigenvalue weighted by atomic mass is 16.6. The summed E-state index contributed by atoms with van der Waals surface area (Å²) in [4.78, 5) is 13.9. The van der Waals surface area contributed by atoms with Gasteiger partial charge in [-0.2, -0.15) is 0 Å². The Morgan fingerprint density at radius 3 is 2.77 bits per heavy atom. The summed E-state index contributed by atoms with van der Waals surface area (Å²) < 4.78 is 5.10. The van der Waals surface area contributed by atoms with Gasteiger partial charge in [0.2, 0.25) is 0 Å². The molecule has 1 aromatic rings.